The first-order valence-corrected chi connectivity index (χ1v) is 8.74. The van der Waals surface area contributed by atoms with Gasteiger partial charge in [0.2, 0.25) is 22.1 Å². The van der Waals surface area contributed by atoms with E-state index in [4.69, 9.17) is 23.6 Å². The summed E-state index contributed by atoms with van der Waals surface area (Å²) in [5, 5.41) is 0.829. The average Bonchev–Trinajstić information content (AvgIpc) is 3.09. The zero-order chi connectivity index (χ0) is 16.9. The molecule has 0 aliphatic carbocycles. The van der Waals surface area contributed by atoms with Gasteiger partial charge in [-0.2, -0.15) is 8.84 Å². The van der Waals surface area contributed by atoms with E-state index < -0.39 is 0 Å². The highest BCUT2D eigenvalue weighted by atomic mass is 35.5. The molecule has 2 amide bonds. The van der Waals surface area contributed by atoms with Crippen molar-refractivity contribution in [1.29, 1.82) is 0 Å². The molecule has 0 atom stereocenters. The van der Waals surface area contributed by atoms with Gasteiger partial charge in [-0.25, -0.2) is 9.97 Å². The number of anilines is 2. The molecule has 0 radical (unpaired) electrons. The topological polar surface area (TPSA) is 66.4 Å². The molecule has 6 nitrogen and oxygen atoms in total. The number of thiazole rings is 2. The van der Waals surface area contributed by atoms with Crippen LogP contribution in [0.4, 0.5) is 10.3 Å². The Bertz CT molecular complexity index is 880. The van der Waals surface area contributed by atoms with E-state index in [9.17, 15) is 9.59 Å². The molecule has 2 aromatic heterocycles. The Morgan fingerprint density at radius 2 is 1.35 bits per heavy atom. The molecule has 0 saturated carbocycles. The second-order valence-corrected chi connectivity index (χ2v) is 7.48. The maximum Gasteiger partial charge on any atom is 0.240 e. The van der Waals surface area contributed by atoms with Crippen molar-refractivity contribution in [2.24, 2.45) is 0 Å². The Kier molecular flexibility index (Phi) is 4.18. The number of benzene rings is 1. The van der Waals surface area contributed by atoms with Crippen LogP contribution in [0.5, 0.6) is 0 Å². The number of carbonyl (C=O) groups excluding carboxylic acids is 2. The number of aromatic nitrogens is 2. The van der Waals surface area contributed by atoms with Gasteiger partial charge >= 0.3 is 0 Å². The third-order valence-electron chi connectivity index (χ3n) is 3.15. The van der Waals surface area contributed by atoms with Gasteiger partial charge in [0.25, 0.3) is 0 Å². The molecule has 3 rings (SSSR count). The van der Waals surface area contributed by atoms with Gasteiger partial charge in [0, 0.05) is 43.0 Å². The Morgan fingerprint density at radius 1 is 0.957 bits per heavy atom. The fourth-order valence-electron chi connectivity index (χ4n) is 2.04. The van der Waals surface area contributed by atoms with Gasteiger partial charge in [-0.1, -0.05) is 22.7 Å². The highest BCUT2D eigenvalue weighted by Gasteiger charge is 2.20. The molecule has 0 saturated heterocycles. The Morgan fingerprint density at radius 3 is 1.70 bits per heavy atom. The monoisotopic (exact) mass is 388 g/mol. The minimum absolute atomic E-state index is 0.301. The summed E-state index contributed by atoms with van der Waals surface area (Å²) in [6, 6.07) is 1.91. The molecule has 0 spiro atoms. The second-order valence-electron chi connectivity index (χ2n) is 4.79. The molecule has 2 heterocycles. The number of carbonyl (C=O) groups is 2. The normalized spacial score (nSPS) is 11.2. The minimum atomic E-state index is -0.301. The third kappa shape index (κ3) is 2.76. The first-order chi connectivity index (χ1) is 10.8. The molecule has 1 aromatic carbocycles. The molecule has 0 aliphatic rings. The molecule has 120 valence electrons. The van der Waals surface area contributed by atoms with E-state index in [-0.39, 0.29) is 11.8 Å². The fourth-order valence-corrected chi connectivity index (χ4v) is 4.43. The lowest BCUT2D eigenvalue weighted by atomic mass is 10.2. The Labute approximate surface area is 149 Å². The lowest BCUT2D eigenvalue weighted by Crippen LogP contribution is -2.16. The van der Waals surface area contributed by atoms with Gasteiger partial charge in [-0.05, 0) is 13.0 Å². The molecule has 10 heteroatoms. The van der Waals surface area contributed by atoms with E-state index in [0.29, 0.717) is 10.3 Å². The average molecular weight is 389 g/mol. The summed E-state index contributed by atoms with van der Waals surface area (Å²) in [4.78, 5) is 31.6. The van der Waals surface area contributed by atoms with Crippen molar-refractivity contribution in [3.63, 3.8) is 0 Å². The standard InChI is InChI=1S/C13H10Cl2N4O2S2/c1-5-10-8(22-12(16-10)18(14)6(2)20)4-9-11(5)17-13(23-9)19(15)7(3)21/h4H,1-3H3. The predicted molar refractivity (Wildman–Crippen MR) is 95.6 cm³/mol. The molecule has 0 unspecified atom stereocenters. The number of rotatable bonds is 2. The SMILES string of the molecule is CC(=O)N(Cl)c1nc2c(C)c3nc(N(Cl)C(C)=O)sc3cc2s1. The first kappa shape index (κ1) is 16.4. The molecule has 0 fully saturated rings. The van der Waals surface area contributed by atoms with Crippen molar-refractivity contribution in [3.05, 3.63) is 11.6 Å². The maximum absolute atomic E-state index is 11.4. The van der Waals surface area contributed by atoms with E-state index in [1.807, 2.05) is 13.0 Å². The highest BCUT2D eigenvalue weighted by Crippen LogP contribution is 2.39. The molecule has 0 N–H and O–H groups in total. The largest absolute Gasteiger partial charge is 0.273 e. The quantitative estimate of drug-likeness (QED) is 0.616. The van der Waals surface area contributed by atoms with Gasteiger partial charge in [-0.15, -0.1) is 0 Å². The number of hydrogen-bond donors (Lipinski definition) is 0. The van der Waals surface area contributed by atoms with Crippen molar-refractivity contribution in [2.75, 3.05) is 8.84 Å². The van der Waals surface area contributed by atoms with E-state index in [0.717, 1.165) is 34.8 Å². The van der Waals surface area contributed by atoms with Crippen molar-refractivity contribution >= 4 is 88.7 Å². The number of fused-ring (bicyclic) bond motifs is 2. The van der Waals surface area contributed by atoms with E-state index in [2.05, 4.69) is 9.97 Å². The van der Waals surface area contributed by atoms with Crippen LogP contribution in [0.1, 0.15) is 19.4 Å². The van der Waals surface area contributed by atoms with Gasteiger partial charge in [0.15, 0.2) is 0 Å². The van der Waals surface area contributed by atoms with Crippen molar-refractivity contribution in [1.82, 2.24) is 9.97 Å². The van der Waals surface area contributed by atoms with Crippen molar-refractivity contribution in [3.8, 4) is 0 Å². The van der Waals surface area contributed by atoms with Crippen LogP contribution < -0.4 is 8.84 Å². The number of amides is 2. The summed E-state index contributed by atoms with van der Waals surface area (Å²) in [7, 11) is 0. The van der Waals surface area contributed by atoms with Crippen LogP contribution in [0.15, 0.2) is 6.07 Å². The van der Waals surface area contributed by atoms with Crippen LogP contribution in [0.3, 0.4) is 0 Å². The van der Waals surface area contributed by atoms with Gasteiger partial charge in [0.05, 0.1) is 20.4 Å². The van der Waals surface area contributed by atoms with Crippen molar-refractivity contribution in [2.45, 2.75) is 20.8 Å². The first-order valence-electron chi connectivity index (χ1n) is 6.43. The predicted octanol–water partition coefficient (Wildman–Crippen LogP) is 4.23. The van der Waals surface area contributed by atoms with Crippen LogP contribution in [-0.4, -0.2) is 21.8 Å². The summed E-state index contributed by atoms with van der Waals surface area (Å²) < 4.78 is 3.76. The Balaban J connectivity index is 2.18. The van der Waals surface area contributed by atoms with E-state index in [1.165, 1.54) is 36.5 Å². The van der Waals surface area contributed by atoms with Crippen LogP contribution in [-0.2, 0) is 9.59 Å². The second kappa shape index (κ2) is 5.86. The minimum Gasteiger partial charge on any atom is -0.273 e. The Hall–Kier alpha value is -1.48. The zero-order valence-corrected chi connectivity index (χ0v) is 15.4. The van der Waals surface area contributed by atoms with Crippen LogP contribution in [0, 0.1) is 6.92 Å². The number of nitrogens with zero attached hydrogens (tertiary/aromatic N) is 4. The lowest BCUT2D eigenvalue weighted by Gasteiger charge is -2.05. The van der Waals surface area contributed by atoms with E-state index >= 15 is 0 Å². The lowest BCUT2D eigenvalue weighted by molar-refractivity contribution is -0.116. The number of halogens is 2. The summed E-state index contributed by atoms with van der Waals surface area (Å²) in [6.45, 7) is 4.63. The molecule has 23 heavy (non-hydrogen) atoms. The molecule has 0 bridgehead atoms. The molecular weight excluding hydrogens is 379 g/mol. The maximum atomic E-state index is 11.4. The summed E-state index contributed by atoms with van der Waals surface area (Å²) in [6.07, 6.45) is 0. The number of hydrogen-bond acceptors (Lipinski definition) is 6. The smallest absolute Gasteiger partial charge is 0.240 e. The summed E-state index contributed by atoms with van der Waals surface area (Å²) in [5.74, 6) is -0.602. The fraction of sp³-hybridized carbons (Fsp3) is 0.231. The van der Waals surface area contributed by atoms with Crippen molar-refractivity contribution < 1.29 is 9.59 Å². The molecule has 3 aromatic rings. The zero-order valence-electron chi connectivity index (χ0n) is 12.3. The van der Waals surface area contributed by atoms with Gasteiger partial charge in [-0.3, -0.25) is 9.59 Å². The number of aryl methyl sites for hydroxylation is 1. The van der Waals surface area contributed by atoms with Gasteiger partial charge < -0.3 is 0 Å². The van der Waals surface area contributed by atoms with E-state index in [1.54, 1.807) is 0 Å². The van der Waals surface area contributed by atoms with Crippen LogP contribution >= 0.6 is 46.2 Å². The summed E-state index contributed by atoms with van der Waals surface area (Å²) in [5.41, 5.74) is 2.31. The highest BCUT2D eigenvalue weighted by molar-refractivity contribution is 7.25. The van der Waals surface area contributed by atoms with Crippen LogP contribution in [0.2, 0.25) is 0 Å². The molecule has 0 aliphatic heterocycles. The van der Waals surface area contributed by atoms with Crippen LogP contribution in [0.25, 0.3) is 20.4 Å². The van der Waals surface area contributed by atoms with Gasteiger partial charge in [0.1, 0.15) is 0 Å². The third-order valence-corrected chi connectivity index (χ3v) is 6.12. The summed E-state index contributed by atoms with van der Waals surface area (Å²) >= 11 is 14.5. The molecular formula is C13H10Cl2N4O2S2.